The number of aromatic hydroxyl groups is 7. The summed E-state index contributed by atoms with van der Waals surface area (Å²) in [6, 6.07) is 5.99. The minimum absolute atomic E-state index is 0.0346. The lowest BCUT2D eigenvalue weighted by Gasteiger charge is -2.21. The van der Waals surface area contributed by atoms with Gasteiger partial charge in [0, 0.05) is 59.9 Å². The third kappa shape index (κ3) is 5.34. The van der Waals surface area contributed by atoms with Crippen molar-refractivity contribution in [2.45, 2.75) is 25.6 Å². The minimum atomic E-state index is -1.08. The van der Waals surface area contributed by atoms with E-state index in [9.17, 15) is 51.1 Å². The number of hydrogen-bond donors (Lipinski definition) is 10. The van der Waals surface area contributed by atoms with Gasteiger partial charge in [-0.3, -0.25) is 0 Å². The molecule has 0 fully saturated rings. The number of ether oxygens (including phenoxy) is 2. The summed E-state index contributed by atoms with van der Waals surface area (Å²) >= 11 is 0. The van der Waals surface area contributed by atoms with E-state index < -0.39 is 53.0 Å². The zero-order valence-electron chi connectivity index (χ0n) is 19.5. The number of benzene rings is 3. The molecule has 0 saturated heterocycles. The van der Waals surface area contributed by atoms with Crippen molar-refractivity contribution in [2.24, 2.45) is 0 Å². The molecule has 1 aliphatic rings. The van der Waals surface area contributed by atoms with Crippen LogP contribution in [0.4, 0.5) is 0 Å². The molecule has 0 heterocycles. The van der Waals surface area contributed by atoms with Gasteiger partial charge in [-0.2, -0.15) is 0 Å². The molecule has 0 radical (unpaired) electrons. The number of aliphatic hydroxyl groups excluding tert-OH is 3. The highest BCUT2D eigenvalue weighted by molar-refractivity contribution is 5.60. The van der Waals surface area contributed by atoms with Gasteiger partial charge in [-0.1, -0.05) is 0 Å². The molecule has 0 aromatic heterocycles. The molecule has 0 spiro atoms. The van der Waals surface area contributed by atoms with E-state index in [-0.39, 0.29) is 58.3 Å². The molecule has 3 aromatic carbocycles. The van der Waals surface area contributed by atoms with Crippen molar-refractivity contribution in [3.05, 3.63) is 70.7 Å². The first kappa shape index (κ1) is 26.0. The van der Waals surface area contributed by atoms with E-state index in [1.165, 1.54) is 6.07 Å². The summed E-state index contributed by atoms with van der Waals surface area (Å²) in [6.45, 7) is -0.430. The zero-order valence-corrected chi connectivity index (χ0v) is 19.5. The first-order chi connectivity index (χ1) is 17.9. The second-order valence-electron chi connectivity index (χ2n) is 8.52. The van der Waals surface area contributed by atoms with Crippen LogP contribution in [0.5, 0.6) is 57.5 Å². The maximum Gasteiger partial charge on any atom is 0.211 e. The SMILES string of the molecule is OC1=CC(O)CC(O)=C1Cc1c(O)cc(O)cc1COc1c(O)cc(O)cc1Oc1c(O)cc(O)cc1O. The smallest absolute Gasteiger partial charge is 0.211 e. The van der Waals surface area contributed by atoms with Crippen molar-refractivity contribution < 1.29 is 60.5 Å². The molecule has 0 aliphatic heterocycles. The second-order valence-corrected chi connectivity index (χ2v) is 8.52. The van der Waals surface area contributed by atoms with Crippen LogP contribution in [0.2, 0.25) is 0 Å². The van der Waals surface area contributed by atoms with E-state index in [0.29, 0.717) is 0 Å². The molecule has 200 valence electrons. The van der Waals surface area contributed by atoms with Crippen LogP contribution in [0.1, 0.15) is 17.5 Å². The van der Waals surface area contributed by atoms with Crippen LogP contribution in [0.25, 0.3) is 0 Å². The van der Waals surface area contributed by atoms with E-state index in [1.807, 2.05) is 0 Å². The van der Waals surface area contributed by atoms with Gasteiger partial charge in [0.1, 0.15) is 41.1 Å². The molecule has 1 unspecified atom stereocenters. The molecule has 4 rings (SSSR count). The van der Waals surface area contributed by atoms with Crippen LogP contribution in [0, 0.1) is 0 Å². The Morgan fingerprint density at radius 2 is 1.24 bits per heavy atom. The van der Waals surface area contributed by atoms with E-state index in [4.69, 9.17) is 9.47 Å². The van der Waals surface area contributed by atoms with Gasteiger partial charge in [-0.25, -0.2) is 0 Å². The number of phenolic OH excluding ortho intramolecular Hbond substituents is 7. The van der Waals surface area contributed by atoms with Crippen LogP contribution in [0.15, 0.2) is 59.6 Å². The Morgan fingerprint density at radius 1 is 0.684 bits per heavy atom. The highest BCUT2D eigenvalue weighted by atomic mass is 16.5. The van der Waals surface area contributed by atoms with Crippen molar-refractivity contribution >= 4 is 0 Å². The number of phenols is 7. The molecule has 0 saturated carbocycles. The van der Waals surface area contributed by atoms with Gasteiger partial charge in [0.25, 0.3) is 0 Å². The molecule has 0 bridgehead atoms. The van der Waals surface area contributed by atoms with Gasteiger partial charge in [-0.15, -0.1) is 0 Å². The van der Waals surface area contributed by atoms with Crippen LogP contribution in [-0.4, -0.2) is 57.2 Å². The fourth-order valence-corrected chi connectivity index (χ4v) is 3.95. The first-order valence-corrected chi connectivity index (χ1v) is 11.1. The van der Waals surface area contributed by atoms with E-state index in [0.717, 1.165) is 36.4 Å². The molecule has 0 amide bonds. The highest BCUT2D eigenvalue weighted by Crippen LogP contribution is 2.48. The predicted octanol–water partition coefficient (Wildman–Crippen LogP) is 3.56. The second kappa shape index (κ2) is 10.1. The molecule has 1 atom stereocenters. The van der Waals surface area contributed by atoms with Gasteiger partial charge in [0.15, 0.2) is 23.0 Å². The summed E-state index contributed by atoms with van der Waals surface area (Å²) in [5.41, 5.74) is 0.332. The topological polar surface area (TPSA) is 221 Å². The average molecular weight is 528 g/mol. The Labute approximate surface area is 214 Å². The molecule has 10 N–H and O–H groups in total. The van der Waals surface area contributed by atoms with Crippen molar-refractivity contribution in [1.82, 2.24) is 0 Å². The Bertz CT molecular complexity index is 1430. The molecule has 1 aliphatic carbocycles. The lowest BCUT2D eigenvalue weighted by Crippen LogP contribution is -2.15. The van der Waals surface area contributed by atoms with E-state index in [2.05, 4.69) is 0 Å². The van der Waals surface area contributed by atoms with Crippen LogP contribution < -0.4 is 9.47 Å². The van der Waals surface area contributed by atoms with Crippen molar-refractivity contribution in [3.8, 4) is 57.5 Å². The molecule has 38 heavy (non-hydrogen) atoms. The Balaban J connectivity index is 1.68. The maximum absolute atomic E-state index is 10.5. The average Bonchev–Trinajstić information content (AvgIpc) is 2.79. The number of aliphatic hydroxyl groups is 3. The van der Waals surface area contributed by atoms with Gasteiger partial charge in [0.05, 0.1) is 6.10 Å². The van der Waals surface area contributed by atoms with Crippen molar-refractivity contribution in [1.29, 1.82) is 0 Å². The molecular weight excluding hydrogens is 504 g/mol. The molecule has 12 heteroatoms. The Morgan fingerprint density at radius 3 is 1.87 bits per heavy atom. The number of rotatable bonds is 7. The third-order valence-electron chi connectivity index (χ3n) is 5.71. The maximum atomic E-state index is 10.5. The quantitative estimate of drug-likeness (QED) is 0.213. The van der Waals surface area contributed by atoms with Gasteiger partial charge < -0.3 is 60.5 Å². The molecule has 12 nitrogen and oxygen atoms in total. The summed E-state index contributed by atoms with van der Waals surface area (Å²) in [5.74, 6) is -5.48. The fraction of sp³-hybridized carbons (Fsp3) is 0.154. The zero-order chi connectivity index (χ0) is 27.7. The van der Waals surface area contributed by atoms with Crippen LogP contribution in [-0.2, 0) is 13.0 Å². The summed E-state index contributed by atoms with van der Waals surface area (Å²) in [7, 11) is 0. The number of allylic oxidation sites excluding steroid dienone is 1. The first-order valence-electron chi connectivity index (χ1n) is 11.1. The summed E-state index contributed by atoms with van der Waals surface area (Å²) in [5, 5.41) is 101. The Kier molecular flexibility index (Phi) is 6.91. The summed E-state index contributed by atoms with van der Waals surface area (Å²) < 4.78 is 11.1. The summed E-state index contributed by atoms with van der Waals surface area (Å²) in [6.07, 6.45) is -0.317. The van der Waals surface area contributed by atoms with Crippen LogP contribution in [0.3, 0.4) is 0 Å². The standard InChI is InChI=1S/C26H24O12/c27-12-1-11(16(18(31)2-12)9-17-19(32)3-13(28)4-20(17)33)10-37-26-23(36)7-15(30)8-24(26)38-25-21(34)5-14(29)6-22(25)35/h1-3,5-8,13,27-36H,4,9-10H2. The lowest BCUT2D eigenvalue weighted by molar-refractivity contribution is 0.188. The summed E-state index contributed by atoms with van der Waals surface area (Å²) in [4.78, 5) is 0. The molecular formula is C26H24O12. The van der Waals surface area contributed by atoms with Gasteiger partial charge in [0.2, 0.25) is 11.5 Å². The monoisotopic (exact) mass is 528 g/mol. The fourth-order valence-electron chi connectivity index (χ4n) is 3.95. The number of hydrogen-bond acceptors (Lipinski definition) is 12. The Hall–Kier alpha value is -5.10. The van der Waals surface area contributed by atoms with Crippen molar-refractivity contribution in [3.63, 3.8) is 0 Å². The predicted molar refractivity (Wildman–Crippen MR) is 130 cm³/mol. The van der Waals surface area contributed by atoms with Gasteiger partial charge in [-0.05, 0) is 12.1 Å². The molecule has 3 aromatic rings. The lowest BCUT2D eigenvalue weighted by atomic mass is 9.92. The van der Waals surface area contributed by atoms with Gasteiger partial charge >= 0.3 is 0 Å². The third-order valence-corrected chi connectivity index (χ3v) is 5.71. The van der Waals surface area contributed by atoms with Crippen LogP contribution >= 0.6 is 0 Å². The normalized spacial score (nSPS) is 15.3. The van der Waals surface area contributed by atoms with E-state index >= 15 is 0 Å². The van der Waals surface area contributed by atoms with E-state index in [1.54, 1.807) is 0 Å². The van der Waals surface area contributed by atoms with Crippen molar-refractivity contribution in [2.75, 3.05) is 0 Å². The minimum Gasteiger partial charge on any atom is -0.512 e. The highest BCUT2D eigenvalue weighted by Gasteiger charge is 2.24. The largest absolute Gasteiger partial charge is 0.512 e.